The van der Waals surface area contributed by atoms with Crippen LogP contribution in [0.15, 0.2) is 24.7 Å². The van der Waals surface area contributed by atoms with Crippen LogP contribution >= 0.6 is 0 Å². The van der Waals surface area contributed by atoms with Crippen LogP contribution in [0, 0.1) is 0 Å². The maximum atomic E-state index is 12.4. The molecule has 0 aromatic carbocycles. The maximum Gasteiger partial charge on any atom is 0.226 e. The smallest absolute Gasteiger partial charge is 0.226 e. The topological polar surface area (TPSA) is 59.8 Å². The van der Waals surface area contributed by atoms with E-state index in [0.29, 0.717) is 6.42 Å². The van der Waals surface area contributed by atoms with Gasteiger partial charge in [0.15, 0.2) is 0 Å². The summed E-state index contributed by atoms with van der Waals surface area (Å²) >= 11 is 0. The number of aryl methyl sites for hydroxylation is 3. The third kappa shape index (κ3) is 3.00. The van der Waals surface area contributed by atoms with E-state index in [1.54, 1.807) is 0 Å². The number of rotatable bonds is 3. The third-order valence-corrected chi connectivity index (χ3v) is 4.89. The van der Waals surface area contributed by atoms with Crippen molar-refractivity contribution in [2.24, 2.45) is 0 Å². The first-order valence-electron chi connectivity index (χ1n) is 8.56. The molecule has 1 aliphatic heterocycles. The summed E-state index contributed by atoms with van der Waals surface area (Å²) in [4.78, 5) is 21.2. The Hall–Kier alpha value is -2.17. The molecular formula is C18H22N4O. The minimum atomic E-state index is 0.0649. The van der Waals surface area contributed by atoms with Crippen molar-refractivity contribution in [3.8, 4) is 0 Å². The first kappa shape index (κ1) is 14.4. The zero-order valence-electron chi connectivity index (χ0n) is 13.3. The SMILES string of the molecule is O=C(Cc1cn2c(n1)CCCC2)NC1CCCc2cnccc21. The molecule has 1 atom stereocenters. The molecule has 0 spiro atoms. The van der Waals surface area contributed by atoms with Crippen molar-refractivity contribution in [1.82, 2.24) is 19.9 Å². The van der Waals surface area contributed by atoms with Crippen LogP contribution in [0.2, 0.25) is 0 Å². The Bertz CT molecular complexity index is 698. The Morgan fingerprint density at radius 2 is 2.26 bits per heavy atom. The number of imidazole rings is 1. The van der Waals surface area contributed by atoms with Gasteiger partial charge in [-0.25, -0.2) is 4.98 Å². The fraction of sp³-hybridized carbons (Fsp3) is 0.500. The number of fused-ring (bicyclic) bond motifs is 2. The second kappa shape index (κ2) is 6.14. The van der Waals surface area contributed by atoms with Gasteiger partial charge in [0.25, 0.3) is 0 Å². The van der Waals surface area contributed by atoms with Crippen molar-refractivity contribution < 1.29 is 4.79 Å². The summed E-state index contributed by atoms with van der Waals surface area (Å²) in [5.41, 5.74) is 3.38. The van der Waals surface area contributed by atoms with Gasteiger partial charge in [0.05, 0.1) is 18.2 Å². The molecule has 2 aromatic heterocycles. The summed E-state index contributed by atoms with van der Waals surface area (Å²) in [5.74, 6) is 1.20. The lowest BCUT2D eigenvalue weighted by Gasteiger charge is -2.25. The number of hydrogen-bond donors (Lipinski definition) is 1. The van der Waals surface area contributed by atoms with Gasteiger partial charge in [0.2, 0.25) is 5.91 Å². The minimum absolute atomic E-state index is 0.0649. The van der Waals surface area contributed by atoms with E-state index in [4.69, 9.17) is 0 Å². The van der Waals surface area contributed by atoms with Crippen molar-refractivity contribution in [2.75, 3.05) is 0 Å². The molecule has 120 valence electrons. The predicted octanol–water partition coefficient (Wildman–Crippen LogP) is 2.35. The van der Waals surface area contributed by atoms with Gasteiger partial charge in [-0.15, -0.1) is 0 Å². The van der Waals surface area contributed by atoms with E-state index < -0.39 is 0 Å². The van der Waals surface area contributed by atoms with Crippen molar-refractivity contribution in [2.45, 2.75) is 57.5 Å². The Morgan fingerprint density at radius 1 is 1.30 bits per heavy atom. The lowest BCUT2D eigenvalue weighted by Crippen LogP contribution is -2.32. The third-order valence-electron chi connectivity index (χ3n) is 4.89. The molecule has 0 saturated carbocycles. The number of aromatic nitrogens is 3. The molecule has 5 nitrogen and oxygen atoms in total. The fourth-order valence-corrected chi connectivity index (χ4v) is 3.76. The second-order valence-electron chi connectivity index (χ2n) is 6.56. The molecule has 2 aliphatic rings. The number of carbonyl (C=O) groups excluding carboxylic acids is 1. The number of pyridine rings is 1. The van der Waals surface area contributed by atoms with E-state index in [1.807, 2.05) is 24.7 Å². The van der Waals surface area contributed by atoms with Gasteiger partial charge < -0.3 is 9.88 Å². The highest BCUT2D eigenvalue weighted by Gasteiger charge is 2.22. The van der Waals surface area contributed by atoms with Gasteiger partial charge >= 0.3 is 0 Å². The highest BCUT2D eigenvalue weighted by atomic mass is 16.1. The number of carbonyl (C=O) groups is 1. The van der Waals surface area contributed by atoms with Gasteiger partial charge in [0, 0.05) is 31.6 Å². The Balaban J connectivity index is 1.44. The molecule has 0 radical (unpaired) electrons. The molecule has 1 amide bonds. The van der Waals surface area contributed by atoms with E-state index >= 15 is 0 Å². The van der Waals surface area contributed by atoms with Gasteiger partial charge in [-0.3, -0.25) is 9.78 Å². The monoisotopic (exact) mass is 310 g/mol. The van der Waals surface area contributed by atoms with Crippen LogP contribution in [0.1, 0.15) is 54.4 Å². The Morgan fingerprint density at radius 3 is 3.17 bits per heavy atom. The summed E-state index contributed by atoms with van der Waals surface area (Å²) in [6, 6.07) is 2.15. The first-order chi connectivity index (χ1) is 11.3. The molecule has 4 rings (SSSR count). The maximum absolute atomic E-state index is 12.4. The van der Waals surface area contributed by atoms with Gasteiger partial charge in [-0.1, -0.05) is 0 Å². The Labute approximate surface area is 136 Å². The van der Waals surface area contributed by atoms with E-state index in [1.165, 1.54) is 24.0 Å². The number of amides is 1. The fourth-order valence-electron chi connectivity index (χ4n) is 3.76. The highest BCUT2D eigenvalue weighted by Crippen LogP contribution is 2.28. The lowest BCUT2D eigenvalue weighted by atomic mass is 9.89. The van der Waals surface area contributed by atoms with Crippen molar-refractivity contribution in [3.63, 3.8) is 0 Å². The molecule has 1 N–H and O–H groups in total. The highest BCUT2D eigenvalue weighted by molar-refractivity contribution is 5.78. The van der Waals surface area contributed by atoms with Crippen LogP contribution in [-0.2, 0) is 30.6 Å². The molecule has 3 heterocycles. The van der Waals surface area contributed by atoms with E-state index in [2.05, 4.69) is 19.9 Å². The molecule has 0 saturated heterocycles. The van der Waals surface area contributed by atoms with E-state index in [0.717, 1.165) is 43.7 Å². The van der Waals surface area contributed by atoms with Crippen LogP contribution < -0.4 is 5.32 Å². The number of hydrogen-bond acceptors (Lipinski definition) is 3. The number of nitrogens with one attached hydrogen (secondary N) is 1. The molecule has 23 heavy (non-hydrogen) atoms. The number of nitrogens with zero attached hydrogens (tertiary/aromatic N) is 3. The zero-order chi connectivity index (χ0) is 15.6. The van der Waals surface area contributed by atoms with Crippen LogP contribution in [0.4, 0.5) is 0 Å². The molecule has 1 aliphatic carbocycles. The molecule has 2 aromatic rings. The van der Waals surface area contributed by atoms with Crippen molar-refractivity contribution in [1.29, 1.82) is 0 Å². The summed E-state index contributed by atoms with van der Waals surface area (Å²) in [6.45, 7) is 1.03. The minimum Gasteiger partial charge on any atom is -0.349 e. The van der Waals surface area contributed by atoms with Crippen LogP contribution in [0.5, 0.6) is 0 Å². The van der Waals surface area contributed by atoms with Crippen LogP contribution in [0.25, 0.3) is 0 Å². The molecule has 5 heteroatoms. The predicted molar refractivity (Wildman–Crippen MR) is 86.9 cm³/mol. The second-order valence-corrected chi connectivity index (χ2v) is 6.56. The summed E-state index contributed by atoms with van der Waals surface area (Å²) < 4.78 is 2.20. The summed E-state index contributed by atoms with van der Waals surface area (Å²) in [7, 11) is 0. The van der Waals surface area contributed by atoms with Crippen LogP contribution in [0.3, 0.4) is 0 Å². The molecule has 1 unspecified atom stereocenters. The zero-order valence-corrected chi connectivity index (χ0v) is 13.3. The average molecular weight is 310 g/mol. The standard InChI is InChI=1S/C18H22N4O/c23-18(10-14-12-22-9-2-1-6-17(22)20-14)21-16-5-3-4-13-11-19-8-7-15(13)16/h7-8,11-12,16H,1-6,9-10H2,(H,21,23). The summed E-state index contributed by atoms with van der Waals surface area (Å²) in [5, 5.41) is 3.19. The lowest BCUT2D eigenvalue weighted by molar-refractivity contribution is -0.121. The molecular weight excluding hydrogens is 288 g/mol. The van der Waals surface area contributed by atoms with Crippen molar-refractivity contribution >= 4 is 5.91 Å². The van der Waals surface area contributed by atoms with E-state index in [9.17, 15) is 4.79 Å². The quantitative estimate of drug-likeness (QED) is 0.946. The molecule has 0 fully saturated rings. The van der Waals surface area contributed by atoms with Gasteiger partial charge in [-0.2, -0.15) is 0 Å². The van der Waals surface area contributed by atoms with Crippen LogP contribution in [-0.4, -0.2) is 20.4 Å². The largest absolute Gasteiger partial charge is 0.349 e. The molecule has 0 bridgehead atoms. The normalized spacial score (nSPS) is 19.7. The van der Waals surface area contributed by atoms with E-state index in [-0.39, 0.29) is 11.9 Å². The van der Waals surface area contributed by atoms with Crippen molar-refractivity contribution in [3.05, 3.63) is 47.3 Å². The summed E-state index contributed by atoms with van der Waals surface area (Å²) in [6.07, 6.45) is 12.8. The van der Waals surface area contributed by atoms with Gasteiger partial charge in [0.1, 0.15) is 5.82 Å². The Kier molecular flexibility index (Phi) is 3.85. The van der Waals surface area contributed by atoms with Gasteiger partial charge in [-0.05, 0) is 49.3 Å². The first-order valence-corrected chi connectivity index (χ1v) is 8.56. The average Bonchev–Trinajstić information content (AvgIpc) is 2.97.